The molecule has 0 radical (unpaired) electrons. The lowest BCUT2D eigenvalue weighted by molar-refractivity contribution is -0.123. The average Bonchev–Trinajstić information content (AvgIpc) is 2.97. The van der Waals surface area contributed by atoms with Crippen molar-refractivity contribution in [1.29, 1.82) is 0 Å². The fourth-order valence-corrected chi connectivity index (χ4v) is 5.47. The van der Waals surface area contributed by atoms with E-state index in [9.17, 15) is 24.3 Å². The molecule has 6 N–H and O–H groups in total. The lowest BCUT2D eigenvalue weighted by Gasteiger charge is -2.44. The van der Waals surface area contributed by atoms with Crippen LogP contribution in [0.3, 0.4) is 0 Å². The number of rotatable bonds is 21. The summed E-state index contributed by atoms with van der Waals surface area (Å²) in [5.74, 6) is -1.01. The van der Waals surface area contributed by atoms with Crippen molar-refractivity contribution in [2.45, 2.75) is 95.8 Å². The molecule has 2 unspecified atom stereocenters. The molecule has 0 heterocycles. The Bertz CT molecular complexity index is 1120. The molecule has 4 atom stereocenters. The van der Waals surface area contributed by atoms with Gasteiger partial charge >= 0.3 is 12.2 Å². The van der Waals surface area contributed by atoms with E-state index in [1.807, 2.05) is 72.9 Å². The fraction of sp³-hybridized carbons (Fsp3) is 0.515. The molecule has 10 nitrogen and oxygen atoms in total. The predicted molar refractivity (Wildman–Crippen MR) is 167 cm³/mol. The fourth-order valence-electron chi connectivity index (χ4n) is 5.47. The number of hydrogen-bond donors (Lipinski definition) is 6. The van der Waals surface area contributed by atoms with Crippen LogP contribution in [0.25, 0.3) is 0 Å². The quantitative estimate of drug-likeness (QED) is 0.0659. The summed E-state index contributed by atoms with van der Waals surface area (Å²) < 4.78 is 0. The number of amides is 3. The first-order valence-corrected chi connectivity index (χ1v) is 15.2. The molecule has 0 fully saturated rings. The molecule has 10 heteroatoms. The standard InChI is InChI=1S/C33H48N4O6/c1-25(24-38)34-21-15-7-5-3-4-6-14-20-29(22-27-16-10-8-11-17-27)33(37-32(42)43,23-28-18-12-9-13-19-28)36-26(2)30(39)35-31(40)41/h8-13,16-19,24-26,29,34,36-37H,3-7,14-15,20-23H2,1-2H3,(H,35,39)(H,40,41)(H,42,43)/t25?,26-,29-,33?/m0/s1. The minimum atomic E-state index is -1.47. The van der Waals surface area contributed by atoms with Crippen molar-refractivity contribution in [2.24, 2.45) is 5.92 Å². The van der Waals surface area contributed by atoms with E-state index < -0.39 is 29.8 Å². The highest BCUT2D eigenvalue weighted by atomic mass is 16.4. The van der Waals surface area contributed by atoms with Gasteiger partial charge in [0.05, 0.1) is 12.1 Å². The van der Waals surface area contributed by atoms with Crippen molar-refractivity contribution in [3.05, 3.63) is 71.8 Å². The maximum absolute atomic E-state index is 12.7. The van der Waals surface area contributed by atoms with Gasteiger partial charge in [-0.25, -0.2) is 9.59 Å². The largest absolute Gasteiger partial charge is 0.465 e. The van der Waals surface area contributed by atoms with Gasteiger partial charge in [0, 0.05) is 6.42 Å². The topological polar surface area (TPSA) is 157 Å². The van der Waals surface area contributed by atoms with E-state index in [0.717, 1.165) is 68.9 Å². The molecule has 0 saturated heterocycles. The van der Waals surface area contributed by atoms with Crippen LogP contribution in [-0.2, 0) is 22.4 Å². The second kappa shape index (κ2) is 19.4. The van der Waals surface area contributed by atoms with Crippen molar-refractivity contribution >= 4 is 24.4 Å². The normalized spacial score (nSPS) is 14.6. The first-order chi connectivity index (χ1) is 20.6. The van der Waals surface area contributed by atoms with Crippen LogP contribution in [0.1, 0.15) is 76.3 Å². The van der Waals surface area contributed by atoms with Gasteiger partial charge < -0.3 is 25.6 Å². The molecular formula is C33H48N4O6. The van der Waals surface area contributed by atoms with E-state index in [2.05, 4.69) is 16.0 Å². The molecule has 0 bridgehead atoms. The summed E-state index contributed by atoms with van der Waals surface area (Å²) >= 11 is 0. The van der Waals surface area contributed by atoms with E-state index in [0.29, 0.717) is 12.8 Å². The van der Waals surface area contributed by atoms with Crippen molar-refractivity contribution in [3.63, 3.8) is 0 Å². The number of hydrogen-bond acceptors (Lipinski definition) is 6. The highest BCUT2D eigenvalue weighted by molar-refractivity contribution is 5.94. The molecule has 0 saturated carbocycles. The van der Waals surface area contributed by atoms with E-state index in [1.165, 1.54) is 6.92 Å². The summed E-state index contributed by atoms with van der Waals surface area (Å²) in [5, 5.41) is 30.2. The molecule has 3 amide bonds. The Morgan fingerprint density at radius 3 is 1.91 bits per heavy atom. The van der Waals surface area contributed by atoms with Crippen LogP contribution < -0.4 is 21.3 Å². The summed E-state index contributed by atoms with van der Waals surface area (Å²) in [4.78, 5) is 46.9. The van der Waals surface area contributed by atoms with Crippen LogP contribution in [0.4, 0.5) is 9.59 Å². The van der Waals surface area contributed by atoms with Crippen LogP contribution in [0.5, 0.6) is 0 Å². The highest BCUT2D eigenvalue weighted by Gasteiger charge is 2.42. The van der Waals surface area contributed by atoms with Gasteiger partial charge in [0.15, 0.2) is 0 Å². The smallest absolute Gasteiger partial charge is 0.411 e. The van der Waals surface area contributed by atoms with Crippen LogP contribution in [0.15, 0.2) is 60.7 Å². The lowest BCUT2D eigenvalue weighted by atomic mass is 9.78. The second-order valence-electron chi connectivity index (χ2n) is 11.3. The molecule has 2 rings (SSSR count). The molecule has 2 aromatic rings. The Kier molecular flexibility index (Phi) is 16.0. The summed E-state index contributed by atoms with van der Waals surface area (Å²) in [5.41, 5.74) is 0.660. The molecule has 0 spiro atoms. The number of unbranched alkanes of at least 4 members (excludes halogenated alkanes) is 6. The zero-order chi connectivity index (χ0) is 31.5. The molecule has 0 aliphatic heterocycles. The van der Waals surface area contributed by atoms with Crippen LogP contribution in [0, 0.1) is 5.92 Å². The molecule has 43 heavy (non-hydrogen) atoms. The minimum Gasteiger partial charge on any atom is -0.465 e. The summed E-state index contributed by atoms with van der Waals surface area (Å²) in [7, 11) is 0. The lowest BCUT2D eigenvalue weighted by Crippen LogP contribution is -2.68. The third-order valence-corrected chi connectivity index (χ3v) is 7.67. The predicted octanol–water partition coefficient (Wildman–Crippen LogP) is 5.12. The molecular weight excluding hydrogens is 548 g/mol. The number of benzene rings is 2. The molecule has 0 aromatic heterocycles. The number of aldehydes is 1. The van der Waals surface area contributed by atoms with Gasteiger partial charge in [-0.15, -0.1) is 0 Å². The van der Waals surface area contributed by atoms with Crippen LogP contribution in [-0.4, -0.2) is 58.9 Å². The van der Waals surface area contributed by atoms with Gasteiger partial charge in [-0.3, -0.25) is 15.4 Å². The summed E-state index contributed by atoms with van der Waals surface area (Å²) in [6.07, 6.45) is 6.95. The molecule has 0 aliphatic carbocycles. The monoisotopic (exact) mass is 596 g/mol. The van der Waals surface area contributed by atoms with Gasteiger partial charge in [0.1, 0.15) is 11.9 Å². The summed E-state index contributed by atoms with van der Waals surface area (Å²) in [6.45, 7) is 4.22. The Hall–Kier alpha value is -3.76. The summed E-state index contributed by atoms with van der Waals surface area (Å²) in [6, 6.07) is 18.2. The zero-order valence-electron chi connectivity index (χ0n) is 25.4. The van der Waals surface area contributed by atoms with Gasteiger partial charge in [-0.2, -0.15) is 0 Å². The van der Waals surface area contributed by atoms with Crippen molar-refractivity contribution < 1.29 is 29.4 Å². The van der Waals surface area contributed by atoms with Crippen LogP contribution in [0.2, 0.25) is 0 Å². The van der Waals surface area contributed by atoms with Crippen molar-refractivity contribution in [3.8, 4) is 0 Å². The highest BCUT2D eigenvalue weighted by Crippen LogP contribution is 2.30. The maximum atomic E-state index is 12.7. The Morgan fingerprint density at radius 1 is 0.791 bits per heavy atom. The van der Waals surface area contributed by atoms with Gasteiger partial charge in [-0.05, 0) is 56.7 Å². The number of carbonyl (C=O) groups excluding carboxylic acids is 2. The third kappa shape index (κ3) is 13.8. The number of carbonyl (C=O) groups is 4. The second-order valence-corrected chi connectivity index (χ2v) is 11.3. The molecule has 236 valence electrons. The Morgan fingerprint density at radius 2 is 1.35 bits per heavy atom. The SMILES string of the molecule is CC(C=O)NCCCCCCCCC[C@@H](Cc1ccccc1)C(Cc1ccccc1)(NC(=O)O)N[C@@H](C)C(=O)NC(=O)O. The number of nitrogens with one attached hydrogen (secondary N) is 4. The third-order valence-electron chi connectivity index (χ3n) is 7.67. The van der Waals surface area contributed by atoms with Gasteiger partial charge in [0.25, 0.3) is 0 Å². The maximum Gasteiger partial charge on any atom is 0.411 e. The van der Waals surface area contributed by atoms with E-state index in [4.69, 9.17) is 5.11 Å². The Labute approximate surface area is 255 Å². The number of imide groups is 1. The van der Waals surface area contributed by atoms with E-state index in [-0.39, 0.29) is 18.4 Å². The zero-order valence-corrected chi connectivity index (χ0v) is 25.4. The number of carboxylic acid groups (broad SMARTS) is 2. The van der Waals surface area contributed by atoms with Gasteiger partial charge in [0.2, 0.25) is 5.91 Å². The van der Waals surface area contributed by atoms with Gasteiger partial charge in [-0.1, -0.05) is 99.2 Å². The molecule has 2 aromatic carbocycles. The molecule has 0 aliphatic rings. The average molecular weight is 597 g/mol. The van der Waals surface area contributed by atoms with E-state index in [1.54, 1.807) is 0 Å². The minimum absolute atomic E-state index is 0.113. The van der Waals surface area contributed by atoms with Crippen molar-refractivity contribution in [1.82, 2.24) is 21.3 Å². The van der Waals surface area contributed by atoms with Crippen molar-refractivity contribution in [2.75, 3.05) is 6.54 Å². The first kappa shape index (κ1) is 35.4. The Balaban J connectivity index is 2.22. The van der Waals surface area contributed by atoms with E-state index >= 15 is 0 Å². The van der Waals surface area contributed by atoms with Crippen LogP contribution >= 0.6 is 0 Å². The first-order valence-electron chi connectivity index (χ1n) is 15.2.